The van der Waals surface area contributed by atoms with E-state index in [9.17, 15) is 9.59 Å². The Hall–Kier alpha value is -2.83. The number of nitrogens with zero attached hydrogens (tertiary/aromatic N) is 1. The highest BCUT2D eigenvalue weighted by Gasteiger charge is 2.10. The number of hydrogen-bond donors (Lipinski definition) is 3. The van der Waals surface area contributed by atoms with Crippen molar-refractivity contribution in [2.24, 2.45) is 0 Å². The molecule has 7 heteroatoms. The average Bonchev–Trinajstić information content (AvgIpc) is 2.84. The summed E-state index contributed by atoms with van der Waals surface area (Å²) >= 11 is 0. The predicted molar refractivity (Wildman–Crippen MR) is 70.9 cm³/mol. The fourth-order valence-corrected chi connectivity index (χ4v) is 1.56. The lowest BCUT2D eigenvalue weighted by Crippen LogP contribution is -2.12. The summed E-state index contributed by atoms with van der Waals surface area (Å²) in [5.41, 5.74) is 1.73. The fraction of sp³-hybridized carbons (Fsp3) is 0.154. The van der Waals surface area contributed by atoms with Gasteiger partial charge in [0.15, 0.2) is 6.61 Å². The van der Waals surface area contributed by atoms with E-state index in [1.807, 2.05) is 0 Å². The molecular weight excluding hydrogens is 262 g/mol. The number of ether oxygens (including phenoxy) is 1. The van der Waals surface area contributed by atoms with Gasteiger partial charge in [-0.2, -0.15) is 5.10 Å². The van der Waals surface area contributed by atoms with Gasteiger partial charge in [0.05, 0.1) is 11.8 Å². The molecule has 0 spiro atoms. The Labute approximate surface area is 114 Å². The van der Waals surface area contributed by atoms with Crippen molar-refractivity contribution in [2.75, 3.05) is 11.9 Å². The number of amides is 1. The first-order valence-corrected chi connectivity index (χ1v) is 5.82. The third kappa shape index (κ3) is 3.35. The van der Waals surface area contributed by atoms with E-state index in [0.717, 1.165) is 0 Å². The average molecular weight is 275 g/mol. The van der Waals surface area contributed by atoms with Gasteiger partial charge in [0.2, 0.25) is 0 Å². The molecule has 0 saturated heterocycles. The summed E-state index contributed by atoms with van der Waals surface area (Å²) in [5.74, 6) is -0.891. The molecule has 20 heavy (non-hydrogen) atoms. The van der Waals surface area contributed by atoms with E-state index in [2.05, 4.69) is 15.5 Å². The Kier molecular flexibility index (Phi) is 3.99. The van der Waals surface area contributed by atoms with E-state index in [4.69, 9.17) is 9.84 Å². The van der Waals surface area contributed by atoms with Crippen LogP contribution in [0.1, 0.15) is 16.1 Å². The molecule has 3 N–H and O–H groups in total. The van der Waals surface area contributed by atoms with Crippen molar-refractivity contribution in [2.45, 2.75) is 6.92 Å². The predicted octanol–water partition coefficient (Wildman–Crippen LogP) is 1.43. The van der Waals surface area contributed by atoms with Crippen LogP contribution >= 0.6 is 0 Å². The first kappa shape index (κ1) is 13.6. The number of carboxylic acid groups (broad SMARTS) is 1. The summed E-state index contributed by atoms with van der Waals surface area (Å²) in [7, 11) is 0. The van der Waals surface area contributed by atoms with E-state index in [1.165, 1.54) is 6.20 Å². The molecule has 0 fully saturated rings. The van der Waals surface area contributed by atoms with Crippen molar-refractivity contribution in [3.8, 4) is 5.75 Å². The lowest BCUT2D eigenvalue weighted by molar-refractivity contribution is -0.139. The van der Waals surface area contributed by atoms with Crippen molar-refractivity contribution >= 4 is 17.6 Å². The minimum atomic E-state index is -1.04. The largest absolute Gasteiger partial charge is 0.482 e. The number of H-pyrrole nitrogens is 1. The molecule has 0 radical (unpaired) electrons. The van der Waals surface area contributed by atoms with Crippen LogP contribution in [-0.4, -0.2) is 33.8 Å². The molecular formula is C13H13N3O4. The monoisotopic (exact) mass is 275 g/mol. The molecule has 1 aromatic heterocycles. The lowest BCUT2D eigenvalue weighted by atomic mass is 10.2. The molecule has 0 aliphatic carbocycles. The highest BCUT2D eigenvalue weighted by atomic mass is 16.5. The summed E-state index contributed by atoms with van der Waals surface area (Å²) in [5, 5.41) is 17.7. The van der Waals surface area contributed by atoms with E-state index in [0.29, 0.717) is 22.7 Å². The number of benzene rings is 1. The molecule has 0 unspecified atom stereocenters. The summed E-state index contributed by atoms with van der Waals surface area (Å²) in [6.45, 7) is 1.35. The summed E-state index contributed by atoms with van der Waals surface area (Å²) in [4.78, 5) is 22.3. The van der Waals surface area contributed by atoms with Crippen LogP contribution in [0.15, 0.2) is 30.5 Å². The zero-order valence-electron chi connectivity index (χ0n) is 10.7. The Morgan fingerprint density at radius 2 is 2.05 bits per heavy atom. The molecule has 0 atom stereocenters. The highest BCUT2D eigenvalue weighted by molar-refractivity contribution is 6.04. The standard InChI is InChI=1S/C13H13N3O4/c1-8-11(6-14-16-8)13(19)15-9-2-4-10(5-3-9)20-7-12(17)18/h2-6H,7H2,1H3,(H,14,16)(H,15,19)(H,17,18). The van der Waals surface area contributed by atoms with Crippen LogP contribution in [0.5, 0.6) is 5.75 Å². The van der Waals surface area contributed by atoms with Gasteiger partial charge >= 0.3 is 5.97 Å². The fourth-order valence-electron chi connectivity index (χ4n) is 1.56. The maximum absolute atomic E-state index is 11.9. The molecule has 104 valence electrons. The van der Waals surface area contributed by atoms with Gasteiger partial charge in [-0.05, 0) is 31.2 Å². The van der Waals surface area contributed by atoms with Gasteiger partial charge in [-0.1, -0.05) is 0 Å². The van der Waals surface area contributed by atoms with Crippen molar-refractivity contribution in [3.63, 3.8) is 0 Å². The molecule has 1 amide bonds. The van der Waals surface area contributed by atoms with Crippen LogP contribution in [-0.2, 0) is 4.79 Å². The van der Waals surface area contributed by atoms with Crippen LogP contribution < -0.4 is 10.1 Å². The second-order valence-electron chi connectivity index (χ2n) is 4.07. The Balaban J connectivity index is 1.99. The third-order valence-electron chi connectivity index (χ3n) is 2.55. The molecule has 1 heterocycles. The van der Waals surface area contributed by atoms with E-state index in [1.54, 1.807) is 31.2 Å². The Morgan fingerprint density at radius 3 is 2.60 bits per heavy atom. The van der Waals surface area contributed by atoms with Gasteiger partial charge in [0.1, 0.15) is 5.75 Å². The second kappa shape index (κ2) is 5.87. The molecule has 0 saturated carbocycles. The van der Waals surface area contributed by atoms with Crippen LogP contribution in [0.2, 0.25) is 0 Å². The smallest absolute Gasteiger partial charge is 0.341 e. The summed E-state index contributed by atoms with van der Waals surface area (Å²) in [6, 6.07) is 6.43. The van der Waals surface area contributed by atoms with Crippen LogP contribution in [0.25, 0.3) is 0 Å². The topological polar surface area (TPSA) is 104 Å². The normalized spacial score (nSPS) is 10.1. The van der Waals surface area contributed by atoms with Crippen LogP contribution in [0.4, 0.5) is 5.69 Å². The number of rotatable bonds is 5. The number of hydrogen-bond acceptors (Lipinski definition) is 4. The van der Waals surface area contributed by atoms with Gasteiger partial charge in [-0.15, -0.1) is 0 Å². The zero-order valence-corrected chi connectivity index (χ0v) is 10.7. The molecule has 0 aliphatic heterocycles. The van der Waals surface area contributed by atoms with Crippen molar-refractivity contribution in [3.05, 3.63) is 41.7 Å². The lowest BCUT2D eigenvalue weighted by Gasteiger charge is -2.06. The number of nitrogens with one attached hydrogen (secondary N) is 2. The van der Waals surface area contributed by atoms with E-state index in [-0.39, 0.29) is 5.91 Å². The number of aromatic amines is 1. The maximum atomic E-state index is 11.9. The van der Waals surface area contributed by atoms with E-state index >= 15 is 0 Å². The van der Waals surface area contributed by atoms with Gasteiger partial charge in [-0.3, -0.25) is 9.89 Å². The Bertz CT molecular complexity index is 619. The minimum Gasteiger partial charge on any atom is -0.482 e. The molecule has 0 bridgehead atoms. The first-order chi connectivity index (χ1) is 9.56. The molecule has 1 aromatic carbocycles. The maximum Gasteiger partial charge on any atom is 0.341 e. The molecule has 2 aromatic rings. The van der Waals surface area contributed by atoms with Crippen LogP contribution in [0, 0.1) is 6.92 Å². The van der Waals surface area contributed by atoms with Gasteiger partial charge in [-0.25, -0.2) is 4.79 Å². The van der Waals surface area contributed by atoms with Crippen LogP contribution in [0.3, 0.4) is 0 Å². The second-order valence-corrected chi connectivity index (χ2v) is 4.07. The van der Waals surface area contributed by atoms with Crippen molar-refractivity contribution in [1.29, 1.82) is 0 Å². The highest BCUT2D eigenvalue weighted by Crippen LogP contribution is 2.16. The number of carbonyl (C=O) groups is 2. The number of aliphatic carboxylic acids is 1. The number of anilines is 1. The summed E-state index contributed by atoms with van der Waals surface area (Å²) < 4.78 is 4.99. The number of carbonyl (C=O) groups excluding carboxylic acids is 1. The van der Waals surface area contributed by atoms with Crippen molar-refractivity contribution < 1.29 is 19.4 Å². The first-order valence-electron chi connectivity index (χ1n) is 5.82. The number of aromatic nitrogens is 2. The van der Waals surface area contributed by atoms with Gasteiger partial charge in [0.25, 0.3) is 5.91 Å². The molecule has 7 nitrogen and oxygen atoms in total. The van der Waals surface area contributed by atoms with Crippen molar-refractivity contribution in [1.82, 2.24) is 10.2 Å². The van der Waals surface area contributed by atoms with E-state index < -0.39 is 12.6 Å². The number of carboxylic acids is 1. The zero-order chi connectivity index (χ0) is 14.5. The minimum absolute atomic E-state index is 0.268. The molecule has 2 rings (SSSR count). The Morgan fingerprint density at radius 1 is 1.35 bits per heavy atom. The number of aryl methyl sites for hydroxylation is 1. The SMILES string of the molecule is Cc1[nH]ncc1C(=O)Nc1ccc(OCC(=O)O)cc1. The molecule has 0 aliphatic rings. The third-order valence-corrected chi connectivity index (χ3v) is 2.55. The summed E-state index contributed by atoms with van der Waals surface area (Å²) in [6.07, 6.45) is 1.45. The quantitative estimate of drug-likeness (QED) is 0.765. The van der Waals surface area contributed by atoms with Gasteiger partial charge < -0.3 is 15.2 Å². The van der Waals surface area contributed by atoms with Gasteiger partial charge in [0, 0.05) is 11.4 Å².